The van der Waals surface area contributed by atoms with Gasteiger partial charge in [0.25, 0.3) is 11.6 Å². The summed E-state index contributed by atoms with van der Waals surface area (Å²) < 4.78 is 13.6. The average Bonchev–Trinajstić information content (AvgIpc) is 2.42. The first-order chi connectivity index (χ1) is 9.88. The summed E-state index contributed by atoms with van der Waals surface area (Å²) >= 11 is 11.3. The fourth-order valence-corrected chi connectivity index (χ4v) is 1.92. The van der Waals surface area contributed by atoms with Crippen molar-refractivity contribution in [3.63, 3.8) is 0 Å². The molecule has 0 spiro atoms. The topological polar surface area (TPSA) is 72.2 Å². The highest BCUT2D eigenvalue weighted by Crippen LogP contribution is 2.26. The average molecular weight is 329 g/mol. The van der Waals surface area contributed by atoms with Crippen LogP contribution >= 0.6 is 23.2 Å². The minimum Gasteiger partial charge on any atom is -0.319 e. The van der Waals surface area contributed by atoms with Crippen LogP contribution in [0.3, 0.4) is 0 Å². The van der Waals surface area contributed by atoms with Crippen molar-refractivity contribution in [2.45, 2.75) is 0 Å². The van der Waals surface area contributed by atoms with Crippen LogP contribution in [0.4, 0.5) is 15.8 Å². The minimum atomic E-state index is -0.709. The lowest BCUT2D eigenvalue weighted by Crippen LogP contribution is -2.13. The third kappa shape index (κ3) is 3.48. The van der Waals surface area contributed by atoms with E-state index < -0.39 is 22.3 Å². The maximum atomic E-state index is 13.6. The molecule has 2 aromatic carbocycles. The molecule has 1 N–H and O–H groups in total. The number of carbonyl (C=O) groups is 1. The smallest absolute Gasteiger partial charge is 0.288 e. The second-order valence-electron chi connectivity index (χ2n) is 4.00. The van der Waals surface area contributed by atoms with Gasteiger partial charge < -0.3 is 5.32 Å². The third-order valence-corrected chi connectivity index (χ3v) is 3.14. The Morgan fingerprint density at radius 1 is 1.19 bits per heavy atom. The molecule has 0 aromatic heterocycles. The molecule has 0 heterocycles. The van der Waals surface area contributed by atoms with Crippen molar-refractivity contribution in [2.24, 2.45) is 0 Å². The van der Waals surface area contributed by atoms with E-state index in [4.69, 9.17) is 23.2 Å². The lowest BCUT2D eigenvalue weighted by Gasteiger charge is -2.07. The molecule has 1 amide bonds. The number of anilines is 1. The summed E-state index contributed by atoms with van der Waals surface area (Å²) in [7, 11) is 0. The van der Waals surface area contributed by atoms with Gasteiger partial charge in [-0.1, -0.05) is 23.2 Å². The molecule has 21 heavy (non-hydrogen) atoms. The summed E-state index contributed by atoms with van der Waals surface area (Å²) in [6.45, 7) is 0. The molecular formula is C13H7Cl2FN2O3. The fourth-order valence-electron chi connectivity index (χ4n) is 1.58. The Morgan fingerprint density at radius 2 is 1.90 bits per heavy atom. The van der Waals surface area contributed by atoms with E-state index in [1.165, 1.54) is 24.3 Å². The van der Waals surface area contributed by atoms with Crippen molar-refractivity contribution in [3.8, 4) is 0 Å². The molecule has 0 aliphatic carbocycles. The van der Waals surface area contributed by atoms with Gasteiger partial charge in [-0.3, -0.25) is 14.9 Å². The number of hydrogen-bond acceptors (Lipinski definition) is 3. The van der Waals surface area contributed by atoms with E-state index in [2.05, 4.69) is 5.32 Å². The van der Waals surface area contributed by atoms with E-state index >= 15 is 0 Å². The van der Waals surface area contributed by atoms with Crippen LogP contribution in [0.25, 0.3) is 0 Å². The Balaban J connectivity index is 2.28. The highest BCUT2D eigenvalue weighted by atomic mass is 35.5. The van der Waals surface area contributed by atoms with Gasteiger partial charge in [0.05, 0.1) is 10.6 Å². The fraction of sp³-hybridized carbons (Fsp3) is 0. The number of halogens is 3. The summed E-state index contributed by atoms with van der Waals surface area (Å²) in [4.78, 5) is 22.0. The molecule has 0 fully saturated rings. The van der Waals surface area contributed by atoms with Crippen molar-refractivity contribution >= 4 is 40.5 Å². The number of nitro groups is 1. The quantitative estimate of drug-likeness (QED) is 0.674. The third-order valence-electron chi connectivity index (χ3n) is 2.58. The van der Waals surface area contributed by atoms with Gasteiger partial charge in [-0.25, -0.2) is 4.39 Å². The van der Waals surface area contributed by atoms with Crippen LogP contribution in [0.1, 0.15) is 10.4 Å². The molecule has 0 radical (unpaired) electrons. The normalized spacial score (nSPS) is 10.2. The van der Waals surface area contributed by atoms with Crippen molar-refractivity contribution in [1.29, 1.82) is 0 Å². The number of rotatable bonds is 3. The molecular weight excluding hydrogens is 322 g/mol. The Hall–Kier alpha value is -2.18. The molecule has 2 aromatic rings. The summed E-state index contributed by atoms with van der Waals surface area (Å²) in [5.41, 5.74) is -0.497. The zero-order valence-electron chi connectivity index (χ0n) is 10.3. The van der Waals surface area contributed by atoms with E-state index in [0.717, 1.165) is 12.1 Å². The monoisotopic (exact) mass is 328 g/mol. The summed E-state index contributed by atoms with van der Waals surface area (Å²) in [5.74, 6) is -1.41. The summed E-state index contributed by atoms with van der Waals surface area (Å²) in [6.07, 6.45) is 0. The first-order valence-corrected chi connectivity index (χ1v) is 6.34. The largest absolute Gasteiger partial charge is 0.319 e. The van der Waals surface area contributed by atoms with Crippen molar-refractivity contribution in [3.05, 3.63) is 67.9 Å². The van der Waals surface area contributed by atoms with Crippen LogP contribution in [0.5, 0.6) is 0 Å². The number of nitrogens with one attached hydrogen (secondary N) is 1. The predicted molar refractivity (Wildman–Crippen MR) is 77.5 cm³/mol. The second kappa shape index (κ2) is 6.07. The first kappa shape index (κ1) is 15.2. The van der Waals surface area contributed by atoms with Crippen LogP contribution in [0.2, 0.25) is 10.0 Å². The van der Waals surface area contributed by atoms with Crippen molar-refractivity contribution in [1.82, 2.24) is 0 Å². The molecule has 0 aliphatic rings. The highest BCUT2D eigenvalue weighted by Gasteiger charge is 2.17. The number of carbonyl (C=O) groups excluding carboxylic acids is 1. The zero-order chi connectivity index (χ0) is 15.6. The van der Waals surface area contributed by atoms with Gasteiger partial charge >= 0.3 is 0 Å². The number of amides is 1. The Bertz CT molecular complexity index is 737. The van der Waals surface area contributed by atoms with Gasteiger partial charge in [-0.15, -0.1) is 0 Å². The maximum Gasteiger partial charge on any atom is 0.288 e. The van der Waals surface area contributed by atoms with Gasteiger partial charge in [0.15, 0.2) is 0 Å². The molecule has 5 nitrogen and oxygen atoms in total. The molecule has 108 valence electrons. The Kier molecular flexibility index (Phi) is 4.40. The van der Waals surface area contributed by atoms with Gasteiger partial charge in [-0.05, 0) is 30.3 Å². The van der Waals surface area contributed by atoms with Gasteiger partial charge in [0.2, 0.25) is 0 Å². The van der Waals surface area contributed by atoms with Crippen LogP contribution in [0.15, 0.2) is 36.4 Å². The molecule has 0 unspecified atom stereocenters. The SMILES string of the molecule is O=C(Nc1ccc(Cl)cc1F)c1ccc(Cl)c([N+](=O)[O-])c1. The molecule has 0 saturated carbocycles. The number of nitrogens with zero attached hydrogens (tertiary/aromatic N) is 1. The van der Waals surface area contributed by atoms with E-state index in [0.29, 0.717) is 0 Å². The highest BCUT2D eigenvalue weighted by molar-refractivity contribution is 6.32. The summed E-state index contributed by atoms with van der Waals surface area (Å²) in [5, 5.41) is 13.2. The van der Waals surface area contributed by atoms with E-state index in [-0.39, 0.29) is 21.3 Å². The molecule has 2 rings (SSSR count). The predicted octanol–water partition coefficient (Wildman–Crippen LogP) is 4.29. The number of benzene rings is 2. The zero-order valence-corrected chi connectivity index (χ0v) is 11.8. The molecule has 0 atom stereocenters. The Morgan fingerprint density at radius 3 is 2.52 bits per heavy atom. The van der Waals surface area contributed by atoms with E-state index in [9.17, 15) is 19.3 Å². The van der Waals surface area contributed by atoms with Gasteiger partial charge in [-0.2, -0.15) is 0 Å². The molecule has 0 bridgehead atoms. The first-order valence-electron chi connectivity index (χ1n) is 5.59. The van der Waals surface area contributed by atoms with Gasteiger partial charge in [0.1, 0.15) is 10.8 Å². The van der Waals surface area contributed by atoms with Crippen molar-refractivity contribution < 1.29 is 14.1 Å². The molecule has 0 aliphatic heterocycles. The summed E-state index contributed by atoms with van der Waals surface area (Å²) in [6, 6.07) is 7.29. The van der Waals surface area contributed by atoms with Gasteiger partial charge in [0, 0.05) is 16.7 Å². The second-order valence-corrected chi connectivity index (χ2v) is 4.85. The van der Waals surface area contributed by atoms with E-state index in [1.807, 2.05) is 0 Å². The molecule has 8 heteroatoms. The minimum absolute atomic E-state index is 0.0135. The lowest BCUT2D eigenvalue weighted by molar-refractivity contribution is -0.384. The molecule has 0 saturated heterocycles. The van der Waals surface area contributed by atoms with Crippen molar-refractivity contribution in [2.75, 3.05) is 5.32 Å². The lowest BCUT2D eigenvalue weighted by atomic mass is 10.2. The number of hydrogen-bond donors (Lipinski definition) is 1. The Labute approximate surface area is 128 Å². The number of nitro benzene ring substituents is 1. The maximum absolute atomic E-state index is 13.6. The van der Waals surface area contributed by atoms with Crippen LogP contribution in [-0.2, 0) is 0 Å². The van der Waals surface area contributed by atoms with Crippen LogP contribution in [0, 0.1) is 15.9 Å². The standard InChI is InChI=1S/C13H7Cl2FN2O3/c14-8-2-4-11(10(16)6-8)17-13(19)7-1-3-9(15)12(5-7)18(20)21/h1-6H,(H,17,19). The van der Waals surface area contributed by atoms with E-state index in [1.54, 1.807) is 0 Å². The van der Waals surface area contributed by atoms with Crippen LogP contribution < -0.4 is 5.32 Å². The van der Waals surface area contributed by atoms with Crippen LogP contribution in [-0.4, -0.2) is 10.8 Å².